The third-order valence-corrected chi connectivity index (χ3v) is 3.99. The van der Waals surface area contributed by atoms with Crippen molar-refractivity contribution in [3.05, 3.63) is 29.3 Å². The highest BCUT2D eigenvalue weighted by atomic mass is 19.4. The Hall–Kier alpha value is -1.27. The number of hydrogen-bond acceptors (Lipinski definition) is 3. The van der Waals surface area contributed by atoms with Gasteiger partial charge in [0.05, 0.1) is 5.56 Å². The summed E-state index contributed by atoms with van der Waals surface area (Å²) >= 11 is 0. The molecule has 0 amide bonds. The lowest BCUT2D eigenvalue weighted by atomic mass is 10.1. The molecule has 1 aromatic rings. The van der Waals surface area contributed by atoms with E-state index in [0.717, 1.165) is 13.1 Å². The first kappa shape index (κ1) is 16.1. The Morgan fingerprint density at radius 2 is 1.76 bits per heavy atom. The maximum absolute atomic E-state index is 13.2. The minimum atomic E-state index is -4.35. The maximum Gasteiger partial charge on any atom is 0.418 e. The second-order valence-corrected chi connectivity index (χ2v) is 5.67. The summed E-state index contributed by atoms with van der Waals surface area (Å²) in [6, 6.07) is 4.83. The van der Waals surface area contributed by atoms with Gasteiger partial charge < -0.3 is 10.6 Å². The molecule has 0 spiro atoms. The molecule has 118 valence electrons. The van der Waals surface area contributed by atoms with Crippen molar-refractivity contribution in [2.75, 3.05) is 31.1 Å². The fourth-order valence-corrected chi connectivity index (χ4v) is 2.69. The van der Waals surface area contributed by atoms with Gasteiger partial charge in [0.25, 0.3) is 0 Å². The minimum absolute atomic E-state index is 0.116. The van der Waals surface area contributed by atoms with Gasteiger partial charge in [0, 0.05) is 44.5 Å². The van der Waals surface area contributed by atoms with Crippen LogP contribution in [0.2, 0.25) is 0 Å². The molecule has 0 saturated carbocycles. The molecule has 1 aliphatic heterocycles. The van der Waals surface area contributed by atoms with Crippen molar-refractivity contribution in [1.29, 1.82) is 0 Å². The Kier molecular flexibility index (Phi) is 4.78. The first-order valence-electron chi connectivity index (χ1n) is 7.22. The minimum Gasteiger partial charge on any atom is -0.368 e. The van der Waals surface area contributed by atoms with E-state index in [0.29, 0.717) is 24.7 Å². The molecule has 0 radical (unpaired) electrons. The van der Waals surface area contributed by atoms with Crippen molar-refractivity contribution in [3.63, 3.8) is 0 Å². The van der Waals surface area contributed by atoms with Crippen LogP contribution in [0.15, 0.2) is 18.2 Å². The number of nitrogens with zero attached hydrogens (tertiary/aromatic N) is 2. The Bertz CT molecular complexity index is 478. The number of anilines is 1. The zero-order valence-electron chi connectivity index (χ0n) is 12.5. The third kappa shape index (κ3) is 3.68. The van der Waals surface area contributed by atoms with E-state index < -0.39 is 11.7 Å². The van der Waals surface area contributed by atoms with E-state index in [1.165, 1.54) is 6.07 Å². The van der Waals surface area contributed by atoms with Crippen LogP contribution >= 0.6 is 0 Å². The van der Waals surface area contributed by atoms with Crippen LogP contribution in [-0.2, 0) is 12.7 Å². The van der Waals surface area contributed by atoms with E-state index >= 15 is 0 Å². The molecular weight excluding hydrogens is 279 g/mol. The maximum atomic E-state index is 13.2. The summed E-state index contributed by atoms with van der Waals surface area (Å²) < 4.78 is 39.7. The van der Waals surface area contributed by atoms with Crippen LogP contribution in [0.1, 0.15) is 25.0 Å². The Labute approximate surface area is 123 Å². The van der Waals surface area contributed by atoms with E-state index in [1.807, 2.05) is 4.90 Å². The zero-order valence-corrected chi connectivity index (χ0v) is 12.5. The van der Waals surface area contributed by atoms with Gasteiger partial charge in [-0.05, 0) is 31.5 Å². The quantitative estimate of drug-likeness (QED) is 0.931. The van der Waals surface area contributed by atoms with Gasteiger partial charge in [-0.3, -0.25) is 4.90 Å². The predicted molar refractivity (Wildman–Crippen MR) is 78.3 cm³/mol. The normalized spacial score (nSPS) is 17.6. The molecular formula is C15H22F3N3. The van der Waals surface area contributed by atoms with Gasteiger partial charge in [0.2, 0.25) is 0 Å². The number of hydrogen-bond donors (Lipinski definition) is 1. The summed E-state index contributed by atoms with van der Waals surface area (Å²) in [6.07, 6.45) is -4.35. The second kappa shape index (κ2) is 6.23. The van der Waals surface area contributed by atoms with Crippen molar-refractivity contribution >= 4 is 5.69 Å². The lowest BCUT2D eigenvalue weighted by Gasteiger charge is -2.39. The average Bonchev–Trinajstić information content (AvgIpc) is 2.46. The molecule has 1 aromatic carbocycles. The molecule has 2 rings (SSSR count). The standard InChI is InChI=1S/C15H22F3N3/c1-11(2)20-5-7-21(8-6-20)14-4-3-12(10-19)9-13(14)15(16,17)18/h3-4,9,11H,5-8,10,19H2,1-2H3. The number of alkyl halides is 3. The molecule has 6 heteroatoms. The Morgan fingerprint density at radius 3 is 2.24 bits per heavy atom. The number of benzene rings is 1. The van der Waals surface area contributed by atoms with Gasteiger partial charge in [-0.2, -0.15) is 13.2 Å². The van der Waals surface area contributed by atoms with E-state index in [4.69, 9.17) is 5.73 Å². The van der Waals surface area contributed by atoms with Crippen LogP contribution in [0.3, 0.4) is 0 Å². The molecule has 2 N–H and O–H groups in total. The lowest BCUT2D eigenvalue weighted by molar-refractivity contribution is -0.137. The van der Waals surface area contributed by atoms with Crippen LogP contribution in [-0.4, -0.2) is 37.1 Å². The molecule has 0 atom stereocenters. The van der Waals surface area contributed by atoms with E-state index in [9.17, 15) is 13.2 Å². The van der Waals surface area contributed by atoms with Crippen molar-refractivity contribution in [1.82, 2.24) is 4.90 Å². The van der Waals surface area contributed by atoms with Gasteiger partial charge in [-0.15, -0.1) is 0 Å². The first-order chi connectivity index (χ1) is 9.82. The summed E-state index contributed by atoms with van der Waals surface area (Å²) in [5, 5.41) is 0. The van der Waals surface area contributed by atoms with E-state index in [-0.39, 0.29) is 12.2 Å². The molecule has 0 bridgehead atoms. The highest BCUT2D eigenvalue weighted by Gasteiger charge is 2.35. The smallest absolute Gasteiger partial charge is 0.368 e. The molecule has 3 nitrogen and oxygen atoms in total. The van der Waals surface area contributed by atoms with Crippen LogP contribution in [0.4, 0.5) is 18.9 Å². The Morgan fingerprint density at radius 1 is 1.14 bits per heavy atom. The van der Waals surface area contributed by atoms with Gasteiger partial charge in [0.15, 0.2) is 0 Å². The summed E-state index contributed by atoms with van der Waals surface area (Å²) in [6.45, 7) is 7.12. The molecule has 0 unspecified atom stereocenters. The number of piperazine rings is 1. The molecule has 1 saturated heterocycles. The molecule has 0 aromatic heterocycles. The van der Waals surface area contributed by atoms with Gasteiger partial charge in [0.1, 0.15) is 0 Å². The largest absolute Gasteiger partial charge is 0.418 e. The summed E-state index contributed by atoms with van der Waals surface area (Å²) in [5.74, 6) is 0. The van der Waals surface area contributed by atoms with Crippen LogP contribution < -0.4 is 10.6 Å². The van der Waals surface area contributed by atoms with Crippen molar-refractivity contribution < 1.29 is 13.2 Å². The highest BCUT2D eigenvalue weighted by molar-refractivity contribution is 5.57. The SMILES string of the molecule is CC(C)N1CCN(c2ccc(CN)cc2C(F)(F)F)CC1. The van der Waals surface area contributed by atoms with Crippen molar-refractivity contribution in [3.8, 4) is 0 Å². The van der Waals surface area contributed by atoms with Crippen LogP contribution in [0.25, 0.3) is 0 Å². The van der Waals surface area contributed by atoms with Crippen molar-refractivity contribution in [2.45, 2.75) is 32.6 Å². The van der Waals surface area contributed by atoms with E-state index in [2.05, 4.69) is 18.7 Å². The number of nitrogens with two attached hydrogens (primary N) is 1. The van der Waals surface area contributed by atoms with Crippen molar-refractivity contribution in [2.24, 2.45) is 5.73 Å². The summed E-state index contributed by atoms with van der Waals surface area (Å²) in [4.78, 5) is 4.10. The van der Waals surface area contributed by atoms with Gasteiger partial charge in [-0.1, -0.05) is 6.07 Å². The third-order valence-electron chi connectivity index (χ3n) is 3.99. The topological polar surface area (TPSA) is 32.5 Å². The highest BCUT2D eigenvalue weighted by Crippen LogP contribution is 2.37. The van der Waals surface area contributed by atoms with Gasteiger partial charge >= 0.3 is 6.18 Å². The van der Waals surface area contributed by atoms with E-state index in [1.54, 1.807) is 12.1 Å². The molecule has 21 heavy (non-hydrogen) atoms. The fraction of sp³-hybridized carbons (Fsp3) is 0.600. The monoisotopic (exact) mass is 301 g/mol. The molecule has 0 aliphatic carbocycles. The first-order valence-corrected chi connectivity index (χ1v) is 7.22. The van der Waals surface area contributed by atoms with Gasteiger partial charge in [-0.25, -0.2) is 0 Å². The van der Waals surface area contributed by atoms with Crippen LogP contribution in [0.5, 0.6) is 0 Å². The number of rotatable bonds is 3. The predicted octanol–water partition coefficient (Wildman–Crippen LogP) is 2.69. The second-order valence-electron chi connectivity index (χ2n) is 5.67. The van der Waals surface area contributed by atoms with Crippen LogP contribution in [0, 0.1) is 0 Å². The molecule has 1 fully saturated rings. The Balaban J connectivity index is 2.24. The average molecular weight is 301 g/mol. The molecule has 1 aliphatic rings. The number of halogens is 3. The zero-order chi connectivity index (χ0) is 15.6. The molecule has 1 heterocycles. The lowest BCUT2D eigenvalue weighted by Crippen LogP contribution is -2.49. The summed E-state index contributed by atoms with van der Waals surface area (Å²) in [7, 11) is 0. The summed E-state index contributed by atoms with van der Waals surface area (Å²) in [5.41, 5.74) is 5.65. The fourth-order valence-electron chi connectivity index (χ4n) is 2.69.